The molecule has 0 heterocycles. The van der Waals surface area contributed by atoms with Crippen LogP contribution in [0.1, 0.15) is 49.0 Å². The van der Waals surface area contributed by atoms with Crippen molar-refractivity contribution in [1.29, 1.82) is 0 Å². The number of carbonyl (C=O) groups is 1. The maximum absolute atomic E-state index is 12.4. The van der Waals surface area contributed by atoms with Gasteiger partial charge in [0.15, 0.2) is 5.78 Å². The van der Waals surface area contributed by atoms with E-state index in [9.17, 15) is 4.79 Å². The molecule has 0 aromatic heterocycles. The first-order chi connectivity index (χ1) is 8.05. The molecule has 0 bridgehead atoms. The van der Waals surface area contributed by atoms with Crippen LogP contribution in [0.2, 0.25) is 0 Å². The molecular formula is C15H21NO. The van der Waals surface area contributed by atoms with E-state index in [1.165, 1.54) is 5.56 Å². The SMILES string of the molecule is CCCc1cccc(C(=O)C(C)(N)C2CC2)c1. The van der Waals surface area contributed by atoms with Crippen molar-refractivity contribution in [2.45, 2.75) is 45.1 Å². The molecule has 1 aromatic rings. The molecule has 1 aliphatic rings. The standard InChI is InChI=1S/C15H21NO/c1-3-5-11-6-4-7-12(10-11)14(17)15(2,16)13-8-9-13/h4,6-7,10,13H,3,5,8-9,16H2,1-2H3. The third-order valence-corrected chi connectivity index (χ3v) is 3.64. The van der Waals surface area contributed by atoms with Crippen LogP contribution in [0.5, 0.6) is 0 Å². The molecule has 1 fully saturated rings. The average Bonchev–Trinajstić information content (AvgIpc) is 3.13. The lowest BCUT2D eigenvalue weighted by Crippen LogP contribution is -2.47. The predicted molar refractivity (Wildman–Crippen MR) is 70.1 cm³/mol. The molecule has 1 saturated carbocycles. The summed E-state index contributed by atoms with van der Waals surface area (Å²) < 4.78 is 0. The lowest BCUT2D eigenvalue weighted by molar-refractivity contribution is 0.0883. The van der Waals surface area contributed by atoms with Crippen molar-refractivity contribution >= 4 is 5.78 Å². The van der Waals surface area contributed by atoms with Gasteiger partial charge in [-0.15, -0.1) is 0 Å². The molecule has 0 spiro atoms. The Hall–Kier alpha value is -1.15. The van der Waals surface area contributed by atoms with Crippen molar-refractivity contribution in [2.75, 3.05) is 0 Å². The fourth-order valence-electron chi connectivity index (χ4n) is 2.34. The Kier molecular flexibility index (Phi) is 3.34. The van der Waals surface area contributed by atoms with Crippen LogP contribution in [-0.4, -0.2) is 11.3 Å². The Morgan fingerprint density at radius 2 is 2.18 bits per heavy atom. The zero-order valence-corrected chi connectivity index (χ0v) is 10.7. The van der Waals surface area contributed by atoms with Crippen molar-refractivity contribution in [2.24, 2.45) is 11.7 Å². The van der Waals surface area contributed by atoms with Crippen LogP contribution in [0.15, 0.2) is 24.3 Å². The minimum atomic E-state index is -0.676. The fourth-order valence-corrected chi connectivity index (χ4v) is 2.34. The second-order valence-electron chi connectivity index (χ2n) is 5.34. The van der Waals surface area contributed by atoms with E-state index in [0.717, 1.165) is 31.2 Å². The van der Waals surface area contributed by atoms with Crippen LogP contribution >= 0.6 is 0 Å². The highest BCUT2D eigenvalue weighted by Crippen LogP contribution is 2.39. The molecule has 1 aliphatic carbocycles. The van der Waals surface area contributed by atoms with E-state index in [0.29, 0.717) is 5.92 Å². The molecule has 0 aliphatic heterocycles. The number of Topliss-reactive ketones (excluding diaryl/α,β-unsaturated/α-hetero) is 1. The number of rotatable bonds is 5. The average molecular weight is 231 g/mol. The van der Waals surface area contributed by atoms with E-state index in [-0.39, 0.29) is 5.78 Å². The van der Waals surface area contributed by atoms with Gasteiger partial charge in [-0.3, -0.25) is 4.79 Å². The predicted octanol–water partition coefficient (Wildman–Crippen LogP) is 2.95. The Morgan fingerprint density at radius 3 is 2.76 bits per heavy atom. The maximum Gasteiger partial charge on any atom is 0.182 e. The number of carbonyl (C=O) groups excluding carboxylic acids is 1. The lowest BCUT2D eigenvalue weighted by Gasteiger charge is -2.22. The summed E-state index contributed by atoms with van der Waals surface area (Å²) in [7, 11) is 0. The Balaban J connectivity index is 2.21. The molecule has 2 rings (SSSR count). The summed E-state index contributed by atoms with van der Waals surface area (Å²) in [5.74, 6) is 0.475. The van der Waals surface area contributed by atoms with Crippen molar-refractivity contribution in [3.8, 4) is 0 Å². The first-order valence-corrected chi connectivity index (χ1v) is 6.48. The van der Waals surface area contributed by atoms with Crippen LogP contribution in [0.4, 0.5) is 0 Å². The summed E-state index contributed by atoms with van der Waals surface area (Å²) in [6, 6.07) is 7.92. The summed E-state index contributed by atoms with van der Waals surface area (Å²) in [6.45, 7) is 4.02. The van der Waals surface area contributed by atoms with E-state index in [4.69, 9.17) is 5.73 Å². The van der Waals surface area contributed by atoms with E-state index in [1.54, 1.807) is 0 Å². The molecule has 2 heteroatoms. The number of aryl methyl sites for hydroxylation is 1. The van der Waals surface area contributed by atoms with E-state index >= 15 is 0 Å². The van der Waals surface area contributed by atoms with Gasteiger partial charge in [0.25, 0.3) is 0 Å². The van der Waals surface area contributed by atoms with Gasteiger partial charge in [0.1, 0.15) is 0 Å². The largest absolute Gasteiger partial charge is 0.319 e. The minimum absolute atomic E-state index is 0.0953. The normalized spacial score (nSPS) is 18.8. The van der Waals surface area contributed by atoms with Crippen LogP contribution < -0.4 is 5.73 Å². The van der Waals surface area contributed by atoms with Crippen LogP contribution in [-0.2, 0) is 6.42 Å². The monoisotopic (exact) mass is 231 g/mol. The third-order valence-electron chi connectivity index (χ3n) is 3.64. The van der Waals surface area contributed by atoms with Crippen LogP contribution in [0.25, 0.3) is 0 Å². The second-order valence-corrected chi connectivity index (χ2v) is 5.34. The number of hydrogen-bond acceptors (Lipinski definition) is 2. The molecule has 2 N–H and O–H groups in total. The fraction of sp³-hybridized carbons (Fsp3) is 0.533. The first kappa shape index (κ1) is 12.3. The summed E-state index contributed by atoms with van der Waals surface area (Å²) in [5.41, 5.74) is 7.49. The second kappa shape index (κ2) is 4.61. The molecule has 17 heavy (non-hydrogen) atoms. The van der Waals surface area contributed by atoms with Crippen LogP contribution in [0.3, 0.4) is 0 Å². The number of nitrogens with two attached hydrogens (primary N) is 1. The Morgan fingerprint density at radius 1 is 1.47 bits per heavy atom. The number of hydrogen-bond donors (Lipinski definition) is 1. The van der Waals surface area contributed by atoms with Gasteiger partial charge in [0, 0.05) is 5.56 Å². The zero-order chi connectivity index (χ0) is 12.5. The smallest absolute Gasteiger partial charge is 0.182 e. The lowest BCUT2D eigenvalue weighted by atomic mass is 9.87. The maximum atomic E-state index is 12.4. The molecule has 92 valence electrons. The quantitative estimate of drug-likeness (QED) is 0.792. The highest BCUT2D eigenvalue weighted by atomic mass is 16.1. The number of ketones is 1. The zero-order valence-electron chi connectivity index (χ0n) is 10.7. The van der Waals surface area contributed by atoms with Gasteiger partial charge >= 0.3 is 0 Å². The molecule has 1 aromatic carbocycles. The molecule has 0 amide bonds. The Labute approximate surface area is 103 Å². The highest BCUT2D eigenvalue weighted by molar-refractivity contribution is 6.03. The minimum Gasteiger partial charge on any atom is -0.319 e. The van der Waals surface area contributed by atoms with E-state index in [2.05, 4.69) is 13.0 Å². The molecule has 0 saturated heterocycles. The Bertz CT molecular complexity index is 419. The van der Waals surface area contributed by atoms with Gasteiger partial charge in [-0.2, -0.15) is 0 Å². The van der Waals surface area contributed by atoms with Gasteiger partial charge in [-0.05, 0) is 43.7 Å². The number of benzene rings is 1. The highest BCUT2D eigenvalue weighted by Gasteiger charge is 2.44. The summed E-state index contributed by atoms with van der Waals surface area (Å²) in [4.78, 5) is 12.4. The molecule has 0 radical (unpaired) electrons. The van der Waals surface area contributed by atoms with Crippen molar-refractivity contribution in [1.82, 2.24) is 0 Å². The molecular weight excluding hydrogens is 210 g/mol. The summed E-state index contributed by atoms with van der Waals surface area (Å²) >= 11 is 0. The topological polar surface area (TPSA) is 43.1 Å². The summed E-state index contributed by atoms with van der Waals surface area (Å²) in [5, 5.41) is 0. The van der Waals surface area contributed by atoms with Gasteiger partial charge in [-0.25, -0.2) is 0 Å². The van der Waals surface area contributed by atoms with Gasteiger partial charge < -0.3 is 5.73 Å². The third kappa shape index (κ3) is 2.58. The molecule has 1 atom stereocenters. The molecule has 1 unspecified atom stereocenters. The first-order valence-electron chi connectivity index (χ1n) is 6.48. The molecule has 2 nitrogen and oxygen atoms in total. The van der Waals surface area contributed by atoms with E-state index in [1.807, 2.05) is 25.1 Å². The van der Waals surface area contributed by atoms with Gasteiger partial charge in [0.05, 0.1) is 5.54 Å². The van der Waals surface area contributed by atoms with Crippen LogP contribution in [0, 0.1) is 5.92 Å². The summed E-state index contributed by atoms with van der Waals surface area (Å²) in [6.07, 6.45) is 4.30. The van der Waals surface area contributed by atoms with E-state index < -0.39 is 5.54 Å². The van der Waals surface area contributed by atoms with Crippen molar-refractivity contribution in [3.63, 3.8) is 0 Å². The van der Waals surface area contributed by atoms with Crippen molar-refractivity contribution < 1.29 is 4.79 Å². The van der Waals surface area contributed by atoms with Crippen molar-refractivity contribution in [3.05, 3.63) is 35.4 Å². The van der Waals surface area contributed by atoms with Gasteiger partial charge in [0.2, 0.25) is 0 Å². The van der Waals surface area contributed by atoms with Gasteiger partial charge in [-0.1, -0.05) is 31.5 Å².